The van der Waals surface area contributed by atoms with Crippen molar-refractivity contribution in [2.75, 3.05) is 19.5 Å². The maximum Gasteiger partial charge on any atom is 0.411 e. The number of anilines is 1. The molecule has 1 aromatic carbocycles. The third kappa shape index (κ3) is 3.71. The zero-order chi connectivity index (χ0) is 19.4. The summed E-state index contributed by atoms with van der Waals surface area (Å²) in [7, 11) is 2.53. The second-order valence-corrected chi connectivity index (χ2v) is 5.30. The topological polar surface area (TPSA) is 115 Å². The van der Waals surface area contributed by atoms with Gasteiger partial charge in [0.1, 0.15) is 11.4 Å². The third-order valence-corrected chi connectivity index (χ3v) is 3.64. The highest BCUT2D eigenvalue weighted by atomic mass is 16.5. The van der Waals surface area contributed by atoms with E-state index in [1.165, 1.54) is 44.9 Å². The molecule has 1 amide bonds. The van der Waals surface area contributed by atoms with Crippen molar-refractivity contribution in [3.8, 4) is 0 Å². The van der Waals surface area contributed by atoms with E-state index in [9.17, 15) is 9.59 Å². The molecule has 0 aliphatic carbocycles. The van der Waals surface area contributed by atoms with Crippen LogP contribution in [-0.2, 0) is 9.47 Å². The number of ether oxygens (including phenoxy) is 2. The Labute approximate surface area is 154 Å². The standard InChI is InChI=1S/C18H15N5O4/c1-10-15(23-16(21-10)14-9-19-6-7-20-14)12-8-11(17(24)26-2)4-5-13(12)22-18(25)27-3/h4-9H,1H2,2-3H3,(H,22,25). The molecule has 9 heteroatoms. The fourth-order valence-electron chi connectivity index (χ4n) is 2.38. The van der Waals surface area contributed by atoms with Crippen molar-refractivity contribution < 1.29 is 19.1 Å². The number of amides is 1. The number of allylic oxidation sites excluding steroid dienone is 1. The number of rotatable bonds is 4. The molecule has 0 bridgehead atoms. The van der Waals surface area contributed by atoms with E-state index >= 15 is 0 Å². The number of nitrogens with zero attached hydrogens (tertiary/aromatic N) is 4. The van der Waals surface area contributed by atoms with Crippen LogP contribution < -0.4 is 5.32 Å². The summed E-state index contributed by atoms with van der Waals surface area (Å²) in [4.78, 5) is 40.5. The van der Waals surface area contributed by atoms with Crippen LogP contribution in [0.5, 0.6) is 0 Å². The van der Waals surface area contributed by atoms with Gasteiger partial charge in [0.15, 0.2) is 5.84 Å². The first-order valence-corrected chi connectivity index (χ1v) is 7.74. The van der Waals surface area contributed by atoms with Gasteiger partial charge in [0.2, 0.25) is 0 Å². The second kappa shape index (κ2) is 7.56. The highest BCUT2D eigenvalue weighted by Gasteiger charge is 2.23. The Morgan fingerprint density at radius 1 is 1.11 bits per heavy atom. The zero-order valence-electron chi connectivity index (χ0n) is 14.6. The summed E-state index contributed by atoms with van der Waals surface area (Å²) >= 11 is 0. The van der Waals surface area contributed by atoms with Crippen LogP contribution in [0.3, 0.4) is 0 Å². The van der Waals surface area contributed by atoms with Gasteiger partial charge in [-0.05, 0) is 18.2 Å². The quantitative estimate of drug-likeness (QED) is 0.831. The van der Waals surface area contributed by atoms with E-state index in [4.69, 9.17) is 4.74 Å². The van der Waals surface area contributed by atoms with Crippen molar-refractivity contribution in [2.24, 2.45) is 9.98 Å². The van der Waals surface area contributed by atoms with Gasteiger partial charge in [-0.15, -0.1) is 0 Å². The summed E-state index contributed by atoms with van der Waals surface area (Å²) in [6.45, 7) is 3.90. The molecule has 3 rings (SSSR count). The molecule has 1 N–H and O–H groups in total. The van der Waals surface area contributed by atoms with Gasteiger partial charge in [-0.25, -0.2) is 24.6 Å². The van der Waals surface area contributed by atoms with Crippen LogP contribution in [0.25, 0.3) is 0 Å². The van der Waals surface area contributed by atoms with Crippen LogP contribution in [0, 0.1) is 0 Å². The van der Waals surface area contributed by atoms with Gasteiger partial charge in [0, 0.05) is 18.0 Å². The maximum absolute atomic E-state index is 11.9. The molecular weight excluding hydrogens is 350 g/mol. The highest BCUT2D eigenvalue weighted by Crippen LogP contribution is 2.26. The molecule has 9 nitrogen and oxygen atoms in total. The Kier molecular flexibility index (Phi) is 5.02. The predicted octanol–water partition coefficient (Wildman–Crippen LogP) is 2.20. The van der Waals surface area contributed by atoms with Crippen LogP contribution in [0.1, 0.15) is 21.6 Å². The fourth-order valence-corrected chi connectivity index (χ4v) is 2.38. The highest BCUT2D eigenvalue weighted by molar-refractivity contribution is 6.26. The van der Waals surface area contributed by atoms with E-state index in [1.807, 2.05) is 0 Å². The number of carbonyl (C=O) groups excluding carboxylic acids is 2. The van der Waals surface area contributed by atoms with Gasteiger partial charge >= 0.3 is 12.1 Å². The second-order valence-electron chi connectivity index (χ2n) is 5.30. The van der Waals surface area contributed by atoms with Crippen molar-refractivity contribution in [1.82, 2.24) is 9.97 Å². The summed E-state index contributed by atoms with van der Waals surface area (Å²) < 4.78 is 9.39. The molecule has 0 fully saturated rings. The van der Waals surface area contributed by atoms with E-state index in [0.29, 0.717) is 34.2 Å². The Morgan fingerprint density at radius 2 is 1.93 bits per heavy atom. The molecule has 1 aromatic heterocycles. The predicted molar refractivity (Wildman–Crippen MR) is 98.1 cm³/mol. The number of benzene rings is 1. The number of amidine groups is 1. The number of esters is 1. The minimum atomic E-state index is -0.665. The monoisotopic (exact) mass is 365 g/mol. The molecule has 2 heterocycles. The van der Waals surface area contributed by atoms with Crippen LogP contribution in [-0.4, -0.2) is 47.8 Å². The van der Waals surface area contributed by atoms with E-state index in [1.54, 1.807) is 6.07 Å². The first-order valence-electron chi connectivity index (χ1n) is 7.74. The Morgan fingerprint density at radius 3 is 2.59 bits per heavy atom. The number of methoxy groups -OCH3 is 2. The van der Waals surface area contributed by atoms with Crippen LogP contribution >= 0.6 is 0 Å². The van der Waals surface area contributed by atoms with Crippen LogP contribution in [0.4, 0.5) is 10.5 Å². The first-order chi connectivity index (χ1) is 13.0. The van der Waals surface area contributed by atoms with Gasteiger partial charge < -0.3 is 9.47 Å². The average molecular weight is 365 g/mol. The number of nitrogens with one attached hydrogen (secondary N) is 1. The molecule has 0 saturated carbocycles. The number of carbonyl (C=O) groups is 2. The van der Waals surface area contributed by atoms with Crippen molar-refractivity contribution >= 4 is 29.3 Å². The summed E-state index contributed by atoms with van der Waals surface area (Å²) in [5.74, 6) is -0.198. The first kappa shape index (κ1) is 17.9. The minimum Gasteiger partial charge on any atom is -0.465 e. The summed E-state index contributed by atoms with van der Waals surface area (Å²) in [5.41, 5.74) is 2.31. The Bertz CT molecular complexity index is 983. The van der Waals surface area contributed by atoms with E-state index in [2.05, 4.69) is 36.6 Å². The zero-order valence-corrected chi connectivity index (χ0v) is 14.6. The van der Waals surface area contributed by atoms with Gasteiger partial charge in [0.05, 0.1) is 37.4 Å². The van der Waals surface area contributed by atoms with E-state index < -0.39 is 12.1 Å². The maximum atomic E-state index is 11.9. The lowest BCUT2D eigenvalue weighted by molar-refractivity contribution is 0.0600. The van der Waals surface area contributed by atoms with Gasteiger partial charge in [-0.1, -0.05) is 6.58 Å². The van der Waals surface area contributed by atoms with E-state index in [-0.39, 0.29) is 5.56 Å². The molecule has 0 unspecified atom stereocenters. The third-order valence-electron chi connectivity index (χ3n) is 3.64. The SMILES string of the molecule is C=C1N=C(c2cnccn2)N=C1c1cc(C(=O)OC)ccc1NC(=O)OC. The number of aliphatic imine (C=N–C) groups is 2. The van der Waals surface area contributed by atoms with Gasteiger partial charge in [-0.2, -0.15) is 0 Å². The van der Waals surface area contributed by atoms with E-state index in [0.717, 1.165) is 0 Å². The minimum absolute atomic E-state index is 0.284. The summed E-state index contributed by atoms with van der Waals surface area (Å²) in [6, 6.07) is 4.61. The smallest absolute Gasteiger partial charge is 0.411 e. The van der Waals surface area contributed by atoms with Crippen molar-refractivity contribution in [3.63, 3.8) is 0 Å². The fraction of sp³-hybridized carbons (Fsp3) is 0.111. The molecule has 1 aliphatic rings. The average Bonchev–Trinajstić information content (AvgIpc) is 3.09. The molecule has 0 radical (unpaired) electrons. The largest absolute Gasteiger partial charge is 0.465 e. The molecule has 0 spiro atoms. The number of aromatic nitrogens is 2. The molecule has 136 valence electrons. The molecule has 1 aliphatic heterocycles. The van der Waals surface area contributed by atoms with Crippen LogP contribution in [0.2, 0.25) is 0 Å². The molecule has 27 heavy (non-hydrogen) atoms. The molecule has 2 aromatic rings. The van der Waals surface area contributed by atoms with Crippen molar-refractivity contribution in [2.45, 2.75) is 0 Å². The Hall–Kier alpha value is -3.88. The number of hydrogen-bond donors (Lipinski definition) is 1. The normalized spacial score (nSPS) is 12.9. The number of hydrogen-bond acceptors (Lipinski definition) is 8. The molecular formula is C18H15N5O4. The molecule has 0 atom stereocenters. The van der Waals surface area contributed by atoms with Crippen LogP contribution in [0.15, 0.2) is 59.1 Å². The summed E-state index contributed by atoms with van der Waals surface area (Å²) in [6.07, 6.45) is 3.92. The summed E-state index contributed by atoms with van der Waals surface area (Å²) in [5, 5.41) is 2.58. The van der Waals surface area contributed by atoms with Crippen molar-refractivity contribution in [3.05, 3.63) is 65.9 Å². The lowest BCUT2D eigenvalue weighted by Gasteiger charge is -2.12. The van der Waals surface area contributed by atoms with Gasteiger partial charge in [0.25, 0.3) is 0 Å². The molecule has 0 saturated heterocycles. The van der Waals surface area contributed by atoms with Gasteiger partial charge in [-0.3, -0.25) is 10.3 Å². The Balaban J connectivity index is 2.07. The lowest BCUT2D eigenvalue weighted by Crippen LogP contribution is -2.15. The lowest BCUT2D eigenvalue weighted by atomic mass is 10.0. The van der Waals surface area contributed by atoms with Crippen molar-refractivity contribution in [1.29, 1.82) is 0 Å².